The summed E-state index contributed by atoms with van der Waals surface area (Å²) in [5, 5.41) is 2.68. The summed E-state index contributed by atoms with van der Waals surface area (Å²) >= 11 is 0. The number of fused-ring (bicyclic) bond motifs is 1. The molecule has 1 fully saturated rings. The Morgan fingerprint density at radius 2 is 1.97 bits per heavy atom. The van der Waals surface area contributed by atoms with Crippen molar-refractivity contribution in [3.05, 3.63) is 54.0 Å². The first-order valence-electron chi connectivity index (χ1n) is 10.6. The Kier molecular flexibility index (Phi) is 7.33. The highest BCUT2D eigenvalue weighted by Crippen LogP contribution is 2.26. The van der Waals surface area contributed by atoms with Crippen LogP contribution >= 0.6 is 0 Å². The molecule has 0 spiro atoms. The van der Waals surface area contributed by atoms with Crippen molar-refractivity contribution in [2.24, 2.45) is 5.92 Å². The largest absolute Gasteiger partial charge is 0.323 e. The maximum atomic E-state index is 12.3. The summed E-state index contributed by atoms with van der Waals surface area (Å²) in [4.78, 5) is 33.8. The molecule has 0 saturated heterocycles. The van der Waals surface area contributed by atoms with E-state index in [1.165, 1.54) is 44.9 Å². The van der Waals surface area contributed by atoms with Gasteiger partial charge in [0, 0.05) is 18.3 Å². The number of rotatable bonds is 4. The maximum Gasteiger partial charge on any atom is 0.255 e. The Morgan fingerprint density at radius 3 is 2.59 bits per heavy atom. The van der Waals surface area contributed by atoms with E-state index in [0.717, 1.165) is 11.5 Å². The lowest BCUT2D eigenvalue weighted by atomic mass is 9.88. The number of benzene rings is 1. The van der Waals surface area contributed by atoms with Gasteiger partial charge in [-0.25, -0.2) is 9.97 Å². The van der Waals surface area contributed by atoms with Crippen LogP contribution in [0.3, 0.4) is 0 Å². The summed E-state index contributed by atoms with van der Waals surface area (Å²) < 4.78 is 0. The smallest absolute Gasteiger partial charge is 0.255 e. The average Bonchev–Trinajstić information content (AvgIpc) is 3.11. The van der Waals surface area contributed by atoms with Crippen molar-refractivity contribution in [1.29, 1.82) is 0 Å². The van der Waals surface area contributed by atoms with Gasteiger partial charge in [0.25, 0.3) is 5.91 Å². The van der Waals surface area contributed by atoms with Crippen LogP contribution in [0, 0.1) is 5.92 Å². The van der Waals surface area contributed by atoms with Crippen LogP contribution in [0.4, 0.5) is 5.82 Å². The Labute approximate surface area is 172 Å². The molecule has 2 amide bonds. The molecule has 1 atom stereocenters. The van der Waals surface area contributed by atoms with Crippen LogP contribution in [-0.2, 0) is 11.3 Å². The molecule has 154 valence electrons. The zero-order valence-corrected chi connectivity index (χ0v) is 17.3. The Morgan fingerprint density at radius 1 is 1.21 bits per heavy atom. The molecule has 1 aliphatic carbocycles. The van der Waals surface area contributed by atoms with E-state index in [2.05, 4.69) is 22.2 Å². The van der Waals surface area contributed by atoms with E-state index in [4.69, 9.17) is 0 Å². The summed E-state index contributed by atoms with van der Waals surface area (Å²) in [6.07, 6.45) is 11.8. The number of nitrogens with one attached hydrogen (secondary N) is 1. The first-order valence-corrected chi connectivity index (χ1v) is 10.6. The molecule has 6 nitrogen and oxygen atoms in total. The van der Waals surface area contributed by atoms with E-state index >= 15 is 0 Å². The van der Waals surface area contributed by atoms with Gasteiger partial charge < -0.3 is 10.2 Å². The second-order valence-electron chi connectivity index (χ2n) is 7.76. The SMILES string of the molecule is CC(C(=O)Nc1ccncn1)N1Cc2ccccc2C1=O.CCC1CCCCC1. The summed E-state index contributed by atoms with van der Waals surface area (Å²) in [5.74, 6) is 1.13. The highest BCUT2D eigenvalue weighted by molar-refractivity contribution is 6.03. The minimum absolute atomic E-state index is 0.115. The van der Waals surface area contributed by atoms with E-state index in [9.17, 15) is 9.59 Å². The second kappa shape index (κ2) is 10.1. The zero-order valence-electron chi connectivity index (χ0n) is 17.3. The van der Waals surface area contributed by atoms with Gasteiger partial charge in [0.15, 0.2) is 0 Å². The molecule has 1 aromatic carbocycles. The summed E-state index contributed by atoms with van der Waals surface area (Å²) in [6.45, 7) is 4.48. The van der Waals surface area contributed by atoms with E-state index in [-0.39, 0.29) is 11.8 Å². The number of aromatic nitrogens is 2. The molecule has 1 unspecified atom stereocenters. The van der Waals surface area contributed by atoms with Gasteiger partial charge in [-0.15, -0.1) is 0 Å². The van der Waals surface area contributed by atoms with Crippen LogP contribution in [-0.4, -0.2) is 32.7 Å². The highest BCUT2D eigenvalue weighted by Gasteiger charge is 2.33. The summed E-state index contributed by atoms with van der Waals surface area (Å²) in [6, 6.07) is 8.44. The molecular formula is C23H30N4O2. The first kappa shape index (κ1) is 21.0. The van der Waals surface area contributed by atoms with Crippen molar-refractivity contribution < 1.29 is 9.59 Å². The fraction of sp³-hybridized carbons (Fsp3) is 0.478. The third-order valence-corrected chi connectivity index (χ3v) is 5.83. The lowest BCUT2D eigenvalue weighted by Gasteiger charge is -2.23. The quantitative estimate of drug-likeness (QED) is 0.832. The van der Waals surface area contributed by atoms with E-state index in [1.807, 2.05) is 18.2 Å². The van der Waals surface area contributed by atoms with Crippen molar-refractivity contribution in [1.82, 2.24) is 14.9 Å². The molecule has 2 heterocycles. The Balaban J connectivity index is 0.000000252. The standard InChI is InChI=1S/C15H14N4O2.C8H16/c1-10(14(20)18-13-6-7-16-9-17-13)19-8-11-4-2-3-5-12(11)15(19)21;1-2-8-6-4-3-5-7-8/h2-7,9-10H,8H2,1H3,(H,16,17,18,20);8H,2-7H2,1H3. The van der Waals surface area contributed by atoms with Crippen LogP contribution in [0.15, 0.2) is 42.9 Å². The van der Waals surface area contributed by atoms with Gasteiger partial charge >= 0.3 is 0 Å². The molecule has 1 saturated carbocycles. The lowest BCUT2D eigenvalue weighted by molar-refractivity contribution is -0.120. The van der Waals surface area contributed by atoms with E-state index in [1.54, 1.807) is 30.2 Å². The van der Waals surface area contributed by atoms with E-state index in [0.29, 0.717) is 17.9 Å². The molecule has 4 rings (SSSR count). The summed E-state index contributed by atoms with van der Waals surface area (Å²) in [7, 11) is 0. The van der Waals surface area contributed by atoms with Crippen molar-refractivity contribution >= 4 is 17.6 Å². The number of anilines is 1. The molecule has 6 heteroatoms. The molecule has 0 bridgehead atoms. The maximum absolute atomic E-state index is 12.3. The number of hydrogen-bond donors (Lipinski definition) is 1. The van der Waals surface area contributed by atoms with Crippen LogP contribution in [0.1, 0.15) is 68.3 Å². The third-order valence-electron chi connectivity index (χ3n) is 5.83. The number of nitrogens with zero attached hydrogens (tertiary/aromatic N) is 3. The van der Waals surface area contributed by atoms with Crippen molar-refractivity contribution in [2.45, 2.75) is 65.0 Å². The van der Waals surface area contributed by atoms with Gasteiger partial charge in [-0.1, -0.05) is 63.6 Å². The fourth-order valence-corrected chi connectivity index (χ4v) is 3.92. The van der Waals surface area contributed by atoms with Gasteiger partial charge in [0.1, 0.15) is 18.2 Å². The Hall–Kier alpha value is -2.76. The van der Waals surface area contributed by atoms with Gasteiger partial charge in [0.2, 0.25) is 5.91 Å². The molecule has 2 aromatic rings. The van der Waals surface area contributed by atoms with Gasteiger partial charge in [-0.3, -0.25) is 9.59 Å². The molecule has 1 aliphatic heterocycles. The van der Waals surface area contributed by atoms with Crippen LogP contribution in [0.5, 0.6) is 0 Å². The Bertz CT molecular complexity index is 819. The van der Waals surface area contributed by atoms with Crippen LogP contribution in [0.25, 0.3) is 0 Å². The number of amides is 2. The summed E-state index contributed by atoms with van der Waals surface area (Å²) in [5.41, 5.74) is 1.61. The molecule has 1 aromatic heterocycles. The third kappa shape index (κ3) is 5.40. The first-order chi connectivity index (χ1) is 14.1. The highest BCUT2D eigenvalue weighted by atomic mass is 16.2. The molecule has 29 heavy (non-hydrogen) atoms. The predicted molar refractivity (Wildman–Crippen MR) is 113 cm³/mol. The van der Waals surface area contributed by atoms with Crippen LogP contribution < -0.4 is 5.32 Å². The average molecular weight is 395 g/mol. The molecular weight excluding hydrogens is 364 g/mol. The van der Waals surface area contributed by atoms with Gasteiger partial charge in [-0.2, -0.15) is 0 Å². The van der Waals surface area contributed by atoms with E-state index < -0.39 is 6.04 Å². The molecule has 1 N–H and O–H groups in total. The number of hydrogen-bond acceptors (Lipinski definition) is 4. The minimum atomic E-state index is -0.570. The topological polar surface area (TPSA) is 75.2 Å². The minimum Gasteiger partial charge on any atom is -0.323 e. The lowest BCUT2D eigenvalue weighted by Crippen LogP contribution is -2.42. The monoisotopic (exact) mass is 394 g/mol. The van der Waals surface area contributed by atoms with Crippen molar-refractivity contribution in [2.75, 3.05) is 5.32 Å². The zero-order chi connectivity index (χ0) is 20.6. The van der Waals surface area contributed by atoms with Crippen molar-refractivity contribution in [3.63, 3.8) is 0 Å². The number of carbonyl (C=O) groups excluding carboxylic acids is 2. The van der Waals surface area contributed by atoms with Crippen molar-refractivity contribution in [3.8, 4) is 0 Å². The number of carbonyl (C=O) groups is 2. The fourth-order valence-electron chi connectivity index (χ4n) is 3.92. The normalized spacial score (nSPS) is 17.2. The predicted octanol–water partition coefficient (Wildman–Crippen LogP) is 4.44. The van der Waals surface area contributed by atoms with Gasteiger partial charge in [-0.05, 0) is 30.5 Å². The van der Waals surface area contributed by atoms with Gasteiger partial charge in [0.05, 0.1) is 0 Å². The molecule has 0 radical (unpaired) electrons. The van der Waals surface area contributed by atoms with Crippen LogP contribution in [0.2, 0.25) is 0 Å². The second-order valence-corrected chi connectivity index (χ2v) is 7.76. The molecule has 2 aliphatic rings.